The van der Waals surface area contributed by atoms with Crippen molar-refractivity contribution in [2.24, 2.45) is 34.5 Å². The Bertz CT molecular complexity index is 696. The Balaban J connectivity index is 1.76. The largest absolute Gasteiger partial charge is 0.381 e. The monoisotopic (exact) mass is 391 g/mol. The second-order valence-electron chi connectivity index (χ2n) is 9.65. The highest BCUT2D eigenvalue weighted by Crippen LogP contribution is 2.77. The summed E-state index contributed by atoms with van der Waals surface area (Å²) in [5.74, 6) is 0.998. The van der Waals surface area contributed by atoms with Gasteiger partial charge < -0.3 is 19.5 Å². The van der Waals surface area contributed by atoms with Gasteiger partial charge in [-0.05, 0) is 31.7 Å². The first-order chi connectivity index (χ1) is 13.5. The van der Waals surface area contributed by atoms with E-state index in [-0.39, 0.29) is 59.1 Å². The van der Waals surface area contributed by atoms with Crippen LogP contribution >= 0.6 is 0 Å². The number of carbonyl (C=O) groups excluding carboxylic acids is 2. The SMILES string of the molecule is CCN[C@@H]1[C@]23C[C@H](OC)[C@H]4C[C@H]([C@@H]2[C@H]4OC)[C@@]12[C@@H](OC)CCC(=O)[C@H]2CC3=O. The third kappa shape index (κ3) is 1.89. The van der Waals surface area contributed by atoms with E-state index in [1.165, 1.54) is 0 Å². The van der Waals surface area contributed by atoms with E-state index in [4.69, 9.17) is 14.2 Å². The molecule has 5 saturated carbocycles. The van der Waals surface area contributed by atoms with Crippen molar-refractivity contribution in [2.45, 2.75) is 63.4 Å². The molecule has 5 aliphatic carbocycles. The van der Waals surface area contributed by atoms with Crippen LogP contribution in [0.3, 0.4) is 0 Å². The summed E-state index contributed by atoms with van der Waals surface area (Å²) in [5.41, 5.74) is -0.817. The second-order valence-corrected chi connectivity index (χ2v) is 9.65. The van der Waals surface area contributed by atoms with Gasteiger partial charge in [0, 0.05) is 63.4 Å². The fraction of sp³-hybridized carbons (Fsp3) is 0.909. The molecule has 5 fully saturated rings. The first kappa shape index (κ1) is 19.2. The van der Waals surface area contributed by atoms with Crippen molar-refractivity contribution in [3.8, 4) is 0 Å². The second kappa shape index (κ2) is 6.34. The summed E-state index contributed by atoms with van der Waals surface area (Å²) >= 11 is 0. The molecule has 0 aliphatic heterocycles. The predicted molar refractivity (Wildman–Crippen MR) is 102 cm³/mol. The van der Waals surface area contributed by atoms with Crippen LogP contribution in [0.2, 0.25) is 0 Å². The Kier molecular flexibility index (Phi) is 4.34. The van der Waals surface area contributed by atoms with Gasteiger partial charge in [-0.15, -0.1) is 0 Å². The van der Waals surface area contributed by atoms with Gasteiger partial charge in [-0.2, -0.15) is 0 Å². The van der Waals surface area contributed by atoms with Crippen LogP contribution in [0.5, 0.6) is 0 Å². The molecule has 5 aliphatic rings. The van der Waals surface area contributed by atoms with Gasteiger partial charge in [-0.3, -0.25) is 9.59 Å². The molecule has 2 spiro atoms. The zero-order valence-electron chi connectivity index (χ0n) is 17.4. The Hall–Kier alpha value is -0.820. The molecule has 0 saturated heterocycles. The number of carbonyl (C=O) groups is 2. The molecule has 1 N–H and O–H groups in total. The topological polar surface area (TPSA) is 73.9 Å². The average Bonchev–Trinajstić information content (AvgIpc) is 3.09. The van der Waals surface area contributed by atoms with E-state index in [2.05, 4.69) is 12.2 Å². The van der Waals surface area contributed by atoms with Crippen LogP contribution in [-0.2, 0) is 23.8 Å². The minimum absolute atomic E-state index is 0.0112. The van der Waals surface area contributed by atoms with Crippen LogP contribution in [0.4, 0.5) is 0 Å². The van der Waals surface area contributed by atoms with Gasteiger partial charge in [0.05, 0.1) is 23.7 Å². The molecule has 0 heterocycles. The number of ether oxygens (including phenoxy) is 3. The summed E-state index contributed by atoms with van der Waals surface area (Å²) < 4.78 is 18.1. The predicted octanol–water partition coefficient (Wildman–Crippen LogP) is 1.60. The molecule has 0 aromatic rings. The summed E-state index contributed by atoms with van der Waals surface area (Å²) in [6.45, 7) is 2.87. The smallest absolute Gasteiger partial charge is 0.141 e. The van der Waals surface area contributed by atoms with E-state index in [0.29, 0.717) is 18.8 Å². The van der Waals surface area contributed by atoms with Crippen molar-refractivity contribution in [2.75, 3.05) is 27.9 Å². The lowest BCUT2D eigenvalue weighted by Gasteiger charge is -2.59. The number of methoxy groups -OCH3 is 3. The van der Waals surface area contributed by atoms with E-state index in [1.54, 1.807) is 21.3 Å². The van der Waals surface area contributed by atoms with E-state index < -0.39 is 5.41 Å². The van der Waals surface area contributed by atoms with Crippen LogP contribution in [0.1, 0.15) is 39.0 Å². The molecule has 0 radical (unpaired) electrons. The maximum absolute atomic E-state index is 13.8. The summed E-state index contributed by atoms with van der Waals surface area (Å²) in [6, 6.07) is -0.0444. The minimum atomic E-state index is -0.514. The molecule has 156 valence electrons. The van der Waals surface area contributed by atoms with Gasteiger partial charge in [-0.25, -0.2) is 0 Å². The number of Topliss-reactive ketones (excluding diaryl/α,β-unsaturated/α-hetero) is 2. The summed E-state index contributed by atoms with van der Waals surface area (Å²) in [4.78, 5) is 27.0. The van der Waals surface area contributed by atoms with Gasteiger partial charge in [0.1, 0.15) is 11.6 Å². The number of hydrogen-bond acceptors (Lipinski definition) is 6. The molecule has 6 nitrogen and oxygen atoms in total. The lowest BCUT2D eigenvalue weighted by atomic mass is 9.48. The summed E-state index contributed by atoms with van der Waals surface area (Å²) in [6.07, 6.45) is 3.42. The molecular formula is C22H33NO5. The normalized spacial score (nSPS) is 54.1. The zero-order chi connectivity index (χ0) is 19.8. The molecular weight excluding hydrogens is 358 g/mol. The van der Waals surface area contributed by atoms with E-state index in [9.17, 15) is 9.59 Å². The summed E-state index contributed by atoms with van der Waals surface area (Å²) in [5, 5.41) is 3.72. The first-order valence-corrected chi connectivity index (χ1v) is 10.9. The third-order valence-corrected chi connectivity index (χ3v) is 9.38. The molecule has 4 bridgehead atoms. The van der Waals surface area contributed by atoms with E-state index in [1.807, 2.05) is 0 Å². The number of ketones is 2. The fourth-order valence-electron chi connectivity index (χ4n) is 8.87. The van der Waals surface area contributed by atoms with Crippen molar-refractivity contribution in [3.05, 3.63) is 0 Å². The van der Waals surface area contributed by atoms with Gasteiger partial charge >= 0.3 is 0 Å². The molecule has 5 rings (SSSR count). The van der Waals surface area contributed by atoms with Crippen molar-refractivity contribution in [1.29, 1.82) is 0 Å². The number of fused-ring (bicyclic) bond motifs is 1. The van der Waals surface area contributed by atoms with E-state index >= 15 is 0 Å². The van der Waals surface area contributed by atoms with Crippen molar-refractivity contribution < 1.29 is 23.8 Å². The van der Waals surface area contributed by atoms with Gasteiger partial charge in [0.25, 0.3) is 0 Å². The van der Waals surface area contributed by atoms with E-state index in [0.717, 1.165) is 25.8 Å². The van der Waals surface area contributed by atoms with Crippen LogP contribution in [0, 0.1) is 34.5 Å². The molecule has 0 aromatic heterocycles. The van der Waals surface area contributed by atoms with Gasteiger partial charge in [-0.1, -0.05) is 6.92 Å². The maximum atomic E-state index is 13.8. The highest BCUT2D eigenvalue weighted by atomic mass is 16.5. The number of hydrogen-bond donors (Lipinski definition) is 1. The van der Waals surface area contributed by atoms with Gasteiger partial charge in [0.2, 0.25) is 0 Å². The number of rotatable bonds is 5. The van der Waals surface area contributed by atoms with Crippen LogP contribution in [0.25, 0.3) is 0 Å². The highest BCUT2D eigenvalue weighted by molar-refractivity contribution is 5.96. The molecule has 0 aromatic carbocycles. The Morgan fingerprint density at radius 2 is 1.93 bits per heavy atom. The quantitative estimate of drug-likeness (QED) is 0.768. The standard InChI is InChI=1S/C22H33NO5/c1-5-23-20-21-10-15(26-2)11-8-13(18(21)19(11)28-4)22(20)12(9-16(21)25)14(24)6-7-17(22)27-3/h11-13,15,17-20,23H,5-10H2,1-4H3/t11-,12-,13-,15+,17+,18-,19+,20-,21+,22+/m1/s1. The average molecular weight is 392 g/mol. The minimum Gasteiger partial charge on any atom is -0.381 e. The first-order valence-electron chi connectivity index (χ1n) is 10.9. The number of nitrogens with one attached hydrogen (secondary N) is 1. The van der Waals surface area contributed by atoms with Crippen molar-refractivity contribution in [1.82, 2.24) is 5.32 Å². The van der Waals surface area contributed by atoms with Crippen molar-refractivity contribution >= 4 is 11.6 Å². The fourth-order valence-corrected chi connectivity index (χ4v) is 8.87. The molecule has 0 unspecified atom stereocenters. The van der Waals surface area contributed by atoms with Crippen molar-refractivity contribution in [3.63, 3.8) is 0 Å². The third-order valence-electron chi connectivity index (χ3n) is 9.38. The van der Waals surface area contributed by atoms with Crippen LogP contribution in [-0.4, -0.2) is 63.8 Å². The molecule has 0 amide bonds. The Morgan fingerprint density at radius 1 is 1.14 bits per heavy atom. The highest BCUT2D eigenvalue weighted by Gasteiger charge is 2.83. The lowest BCUT2D eigenvalue weighted by molar-refractivity contribution is -0.182. The lowest BCUT2D eigenvalue weighted by Crippen LogP contribution is -2.70. The molecule has 10 atom stereocenters. The van der Waals surface area contributed by atoms with Crippen LogP contribution in [0.15, 0.2) is 0 Å². The Labute approximate surface area is 167 Å². The summed E-state index contributed by atoms with van der Waals surface area (Å²) in [7, 11) is 5.32. The zero-order valence-corrected chi connectivity index (χ0v) is 17.4. The maximum Gasteiger partial charge on any atom is 0.141 e. The molecule has 28 heavy (non-hydrogen) atoms. The van der Waals surface area contributed by atoms with Gasteiger partial charge in [0.15, 0.2) is 0 Å². The Morgan fingerprint density at radius 3 is 2.57 bits per heavy atom. The van der Waals surface area contributed by atoms with Crippen LogP contribution < -0.4 is 5.32 Å². The molecule has 6 heteroatoms.